The van der Waals surface area contributed by atoms with Crippen molar-refractivity contribution in [1.29, 1.82) is 0 Å². The van der Waals surface area contributed by atoms with E-state index in [0.29, 0.717) is 21.6 Å². The van der Waals surface area contributed by atoms with Crippen LogP contribution in [0.1, 0.15) is 10.6 Å². The van der Waals surface area contributed by atoms with Gasteiger partial charge in [-0.3, -0.25) is 15.1 Å². The van der Waals surface area contributed by atoms with E-state index in [4.69, 9.17) is 16.0 Å². The van der Waals surface area contributed by atoms with Gasteiger partial charge < -0.3 is 4.42 Å². The molecular formula is C19H12ClN3O2S. The van der Waals surface area contributed by atoms with Gasteiger partial charge in [0.25, 0.3) is 5.91 Å². The van der Waals surface area contributed by atoms with Gasteiger partial charge >= 0.3 is 0 Å². The average Bonchev–Trinajstić information content (AvgIpc) is 3.33. The zero-order valence-electron chi connectivity index (χ0n) is 13.3. The molecule has 0 unspecified atom stereocenters. The number of furan rings is 1. The van der Waals surface area contributed by atoms with Crippen molar-refractivity contribution in [3.05, 3.63) is 77.0 Å². The molecular weight excluding hydrogens is 370 g/mol. The maximum Gasteiger partial charge on any atom is 0.293 e. The number of pyridine rings is 1. The Kier molecular flexibility index (Phi) is 4.51. The van der Waals surface area contributed by atoms with E-state index in [9.17, 15) is 4.79 Å². The third-order valence-corrected chi connectivity index (χ3v) is 4.71. The molecule has 0 saturated heterocycles. The summed E-state index contributed by atoms with van der Waals surface area (Å²) < 4.78 is 5.64. The third kappa shape index (κ3) is 3.37. The van der Waals surface area contributed by atoms with Crippen LogP contribution in [0.2, 0.25) is 5.02 Å². The van der Waals surface area contributed by atoms with Crippen molar-refractivity contribution in [2.75, 3.05) is 5.32 Å². The van der Waals surface area contributed by atoms with Gasteiger partial charge in [0, 0.05) is 17.1 Å². The second-order valence-corrected chi connectivity index (χ2v) is 6.62. The molecule has 1 N–H and O–H groups in total. The van der Waals surface area contributed by atoms with E-state index in [1.807, 2.05) is 41.8 Å². The lowest BCUT2D eigenvalue weighted by Gasteiger charge is -2.00. The second-order valence-electron chi connectivity index (χ2n) is 5.35. The molecule has 0 spiro atoms. The summed E-state index contributed by atoms with van der Waals surface area (Å²) in [7, 11) is 0. The Labute approximate surface area is 158 Å². The van der Waals surface area contributed by atoms with Gasteiger partial charge in [0.15, 0.2) is 10.9 Å². The zero-order valence-corrected chi connectivity index (χ0v) is 14.9. The normalized spacial score (nSPS) is 10.7. The SMILES string of the molecule is O=C(Nc1nc(-c2ccccn2)cs1)c1ccc(-c2ccccc2Cl)o1. The van der Waals surface area contributed by atoms with Crippen molar-refractivity contribution >= 4 is 34.0 Å². The number of thiazole rings is 1. The van der Waals surface area contributed by atoms with Crippen LogP contribution in [0.3, 0.4) is 0 Å². The number of carbonyl (C=O) groups excluding carboxylic acids is 1. The fourth-order valence-electron chi connectivity index (χ4n) is 2.39. The van der Waals surface area contributed by atoms with E-state index in [0.717, 1.165) is 11.3 Å². The number of nitrogens with one attached hydrogen (secondary N) is 1. The van der Waals surface area contributed by atoms with Crippen LogP contribution in [0.15, 0.2) is 70.6 Å². The van der Waals surface area contributed by atoms with Crippen molar-refractivity contribution in [3.63, 3.8) is 0 Å². The molecule has 0 bridgehead atoms. The quantitative estimate of drug-likeness (QED) is 0.516. The molecule has 7 heteroatoms. The summed E-state index contributed by atoms with van der Waals surface area (Å²) in [6.07, 6.45) is 1.70. The van der Waals surface area contributed by atoms with Gasteiger partial charge in [-0.2, -0.15) is 0 Å². The Hall–Kier alpha value is -2.96. The number of amides is 1. The highest BCUT2D eigenvalue weighted by Gasteiger charge is 2.15. The first-order valence-electron chi connectivity index (χ1n) is 7.74. The first-order chi connectivity index (χ1) is 12.7. The smallest absolute Gasteiger partial charge is 0.293 e. The first kappa shape index (κ1) is 16.5. The molecule has 1 amide bonds. The number of nitrogens with zero attached hydrogens (tertiary/aromatic N) is 2. The number of carbonyl (C=O) groups is 1. The molecule has 128 valence electrons. The molecule has 4 rings (SSSR count). The van der Waals surface area contributed by atoms with Crippen LogP contribution in [0.25, 0.3) is 22.7 Å². The van der Waals surface area contributed by atoms with Crippen LogP contribution in [0.5, 0.6) is 0 Å². The Balaban J connectivity index is 1.51. The molecule has 5 nitrogen and oxygen atoms in total. The Morgan fingerprint density at radius 1 is 1.04 bits per heavy atom. The minimum Gasteiger partial charge on any atom is -0.451 e. The van der Waals surface area contributed by atoms with Crippen LogP contribution in [0.4, 0.5) is 5.13 Å². The van der Waals surface area contributed by atoms with E-state index in [1.54, 1.807) is 24.4 Å². The molecule has 0 saturated carbocycles. The zero-order chi connectivity index (χ0) is 17.9. The molecule has 26 heavy (non-hydrogen) atoms. The largest absolute Gasteiger partial charge is 0.451 e. The number of hydrogen-bond acceptors (Lipinski definition) is 5. The molecule has 3 aromatic heterocycles. The third-order valence-electron chi connectivity index (χ3n) is 3.62. The Morgan fingerprint density at radius 2 is 1.88 bits per heavy atom. The molecule has 4 aromatic rings. The van der Waals surface area contributed by atoms with E-state index in [2.05, 4.69) is 15.3 Å². The highest BCUT2D eigenvalue weighted by molar-refractivity contribution is 7.14. The van der Waals surface area contributed by atoms with Gasteiger partial charge in [-0.1, -0.05) is 29.8 Å². The van der Waals surface area contributed by atoms with Crippen LogP contribution in [0, 0.1) is 0 Å². The van der Waals surface area contributed by atoms with Gasteiger partial charge in [0.2, 0.25) is 0 Å². The van der Waals surface area contributed by atoms with Gasteiger partial charge in [0.05, 0.1) is 10.7 Å². The number of anilines is 1. The van der Waals surface area contributed by atoms with E-state index >= 15 is 0 Å². The number of halogens is 1. The minimum absolute atomic E-state index is 0.189. The van der Waals surface area contributed by atoms with Gasteiger partial charge in [0.1, 0.15) is 11.5 Å². The lowest BCUT2D eigenvalue weighted by atomic mass is 10.2. The first-order valence-corrected chi connectivity index (χ1v) is 8.99. The molecule has 0 aliphatic heterocycles. The topological polar surface area (TPSA) is 68.0 Å². The Bertz CT molecular complexity index is 1060. The van der Waals surface area contributed by atoms with Crippen LogP contribution < -0.4 is 5.32 Å². The second kappa shape index (κ2) is 7.11. The molecule has 0 atom stereocenters. The van der Waals surface area contributed by atoms with Crippen molar-refractivity contribution in [2.24, 2.45) is 0 Å². The summed E-state index contributed by atoms with van der Waals surface area (Å²) in [5.74, 6) is 0.355. The van der Waals surface area contributed by atoms with E-state index in [-0.39, 0.29) is 11.7 Å². The maximum absolute atomic E-state index is 12.4. The van der Waals surface area contributed by atoms with Crippen molar-refractivity contribution in [1.82, 2.24) is 9.97 Å². The number of hydrogen-bond donors (Lipinski definition) is 1. The fourth-order valence-corrected chi connectivity index (χ4v) is 3.32. The van der Waals surface area contributed by atoms with Crippen molar-refractivity contribution in [3.8, 4) is 22.7 Å². The Morgan fingerprint density at radius 3 is 2.69 bits per heavy atom. The summed E-state index contributed by atoms with van der Waals surface area (Å²) in [6.45, 7) is 0. The lowest BCUT2D eigenvalue weighted by Crippen LogP contribution is -2.10. The molecule has 0 radical (unpaired) electrons. The van der Waals surface area contributed by atoms with Crippen LogP contribution >= 0.6 is 22.9 Å². The van der Waals surface area contributed by atoms with Crippen LogP contribution in [-0.2, 0) is 0 Å². The minimum atomic E-state index is -0.370. The summed E-state index contributed by atoms with van der Waals surface area (Å²) in [6, 6.07) is 16.2. The summed E-state index contributed by atoms with van der Waals surface area (Å²) >= 11 is 7.49. The van der Waals surface area contributed by atoms with Gasteiger partial charge in [-0.15, -0.1) is 11.3 Å². The summed E-state index contributed by atoms with van der Waals surface area (Å²) in [4.78, 5) is 21.0. The monoisotopic (exact) mass is 381 g/mol. The number of rotatable bonds is 4. The van der Waals surface area contributed by atoms with Crippen LogP contribution in [-0.4, -0.2) is 15.9 Å². The number of aromatic nitrogens is 2. The van der Waals surface area contributed by atoms with E-state index in [1.165, 1.54) is 11.3 Å². The maximum atomic E-state index is 12.4. The highest BCUT2D eigenvalue weighted by atomic mass is 35.5. The summed E-state index contributed by atoms with van der Waals surface area (Å²) in [5, 5.41) is 5.63. The van der Waals surface area contributed by atoms with Crippen molar-refractivity contribution < 1.29 is 9.21 Å². The fraction of sp³-hybridized carbons (Fsp3) is 0. The molecule has 0 aliphatic carbocycles. The standard InChI is InChI=1S/C19H12ClN3O2S/c20-13-6-2-1-5-12(13)16-8-9-17(25-16)18(24)23-19-22-15(11-26-19)14-7-3-4-10-21-14/h1-11H,(H,22,23,24). The predicted octanol–water partition coefficient (Wildman–Crippen LogP) is 5.37. The van der Waals surface area contributed by atoms with E-state index < -0.39 is 0 Å². The molecule has 3 heterocycles. The average molecular weight is 382 g/mol. The molecule has 0 aliphatic rings. The molecule has 0 fully saturated rings. The highest BCUT2D eigenvalue weighted by Crippen LogP contribution is 2.29. The predicted molar refractivity (Wildman–Crippen MR) is 102 cm³/mol. The van der Waals surface area contributed by atoms with Gasteiger partial charge in [-0.05, 0) is 36.4 Å². The number of benzene rings is 1. The van der Waals surface area contributed by atoms with Crippen molar-refractivity contribution in [2.45, 2.75) is 0 Å². The summed E-state index contributed by atoms with van der Waals surface area (Å²) in [5.41, 5.74) is 2.20. The molecule has 1 aromatic carbocycles. The van der Waals surface area contributed by atoms with Gasteiger partial charge in [-0.25, -0.2) is 4.98 Å². The lowest BCUT2D eigenvalue weighted by molar-refractivity contribution is 0.0997.